The van der Waals surface area contributed by atoms with Crippen LogP contribution in [0.5, 0.6) is 11.5 Å². The van der Waals surface area contributed by atoms with E-state index < -0.39 is 5.41 Å². The van der Waals surface area contributed by atoms with Crippen molar-refractivity contribution in [3.8, 4) is 11.5 Å². The fourth-order valence-corrected chi connectivity index (χ4v) is 2.57. The van der Waals surface area contributed by atoms with Gasteiger partial charge in [0.05, 0.1) is 19.4 Å². The van der Waals surface area contributed by atoms with Gasteiger partial charge in [0.15, 0.2) is 0 Å². The normalized spacial score (nSPS) is 10.9. The van der Waals surface area contributed by atoms with Gasteiger partial charge in [-0.3, -0.25) is 9.59 Å². The van der Waals surface area contributed by atoms with Crippen molar-refractivity contribution < 1.29 is 19.1 Å². The summed E-state index contributed by atoms with van der Waals surface area (Å²) in [5.74, 6) is 0.654. The largest absolute Gasteiger partial charge is 0.497 e. The van der Waals surface area contributed by atoms with E-state index in [-0.39, 0.29) is 11.8 Å². The van der Waals surface area contributed by atoms with Crippen LogP contribution < -0.4 is 20.1 Å². The van der Waals surface area contributed by atoms with E-state index in [4.69, 9.17) is 9.47 Å². The Bertz CT molecular complexity index is 800. The number of ether oxygens (including phenoxy) is 2. The van der Waals surface area contributed by atoms with Gasteiger partial charge in [-0.15, -0.1) is 0 Å². The molecule has 0 unspecified atom stereocenters. The first-order valence-electron chi connectivity index (χ1n) is 9.33. The molecule has 0 radical (unpaired) electrons. The molecule has 0 aliphatic heterocycles. The van der Waals surface area contributed by atoms with Gasteiger partial charge in [0.2, 0.25) is 11.8 Å². The highest BCUT2D eigenvalue weighted by molar-refractivity contribution is 6.10. The minimum Gasteiger partial charge on any atom is -0.497 e. The second-order valence-electron chi connectivity index (χ2n) is 6.86. The van der Waals surface area contributed by atoms with Crippen LogP contribution in [0.3, 0.4) is 0 Å². The molecule has 0 spiro atoms. The lowest BCUT2D eigenvalue weighted by molar-refractivity contribution is -0.138. The van der Waals surface area contributed by atoms with Crippen LogP contribution >= 0.6 is 0 Å². The number of nitrogens with one attached hydrogen (secondary N) is 2. The molecule has 0 aliphatic rings. The number of carbonyl (C=O) groups is 2. The molecule has 0 saturated carbocycles. The molecule has 6 heteroatoms. The van der Waals surface area contributed by atoms with Gasteiger partial charge >= 0.3 is 0 Å². The third-order valence-electron chi connectivity index (χ3n) is 4.43. The average molecular weight is 384 g/mol. The zero-order valence-corrected chi connectivity index (χ0v) is 16.9. The molecule has 0 bridgehead atoms. The summed E-state index contributed by atoms with van der Waals surface area (Å²) in [7, 11) is 1.62. The molecular weight excluding hydrogens is 356 g/mol. The maximum atomic E-state index is 12.7. The summed E-state index contributed by atoms with van der Waals surface area (Å²) >= 11 is 0. The Balaban J connectivity index is 1.92. The number of rotatable bonds is 9. The van der Waals surface area contributed by atoms with E-state index >= 15 is 0 Å². The van der Waals surface area contributed by atoms with Crippen LogP contribution in [-0.2, 0) is 16.0 Å². The van der Waals surface area contributed by atoms with Gasteiger partial charge in [-0.2, -0.15) is 0 Å². The van der Waals surface area contributed by atoms with Crippen molar-refractivity contribution in [1.29, 1.82) is 0 Å². The summed E-state index contributed by atoms with van der Waals surface area (Å²) in [4.78, 5) is 25.3. The third-order valence-corrected chi connectivity index (χ3v) is 4.43. The molecule has 0 atom stereocenters. The molecule has 6 nitrogen and oxygen atoms in total. The molecule has 2 rings (SSSR count). The molecule has 2 aromatic rings. The fraction of sp³-hybridized carbons (Fsp3) is 0.364. The molecule has 2 amide bonds. The average Bonchev–Trinajstić information content (AvgIpc) is 2.70. The maximum Gasteiger partial charge on any atom is 0.239 e. The number of anilines is 1. The van der Waals surface area contributed by atoms with Crippen molar-refractivity contribution in [3.05, 3.63) is 54.1 Å². The number of amides is 2. The lowest BCUT2D eigenvalue weighted by atomic mass is 9.90. The predicted octanol–water partition coefficient (Wildman–Crippen LogP) is 3.42. The smallest absolute Gasteiger partial charge is 0.239 e. The van der Waals surface area contributed by atoms with Gasteiger partial charge in [-0.05, 0) is 57.0 Å². The summed E-state index contributed by atoms with van der Waals surface area (Å²) < 4.78 is 10.6. The highest BCUT2D eigenvalue weighted by Gasteiger charge is 2.36. The van der Waals surface area contributed by atoms with Crippen LogP contribution in [0.4, 0.5) is 5.69 Å². The van der Waals surface area contributed by atoms with Crippen LogP contribution in [0, 0.1) is 5.41 Å². The van der Waals surface area contributed by atoms with Crippen molar-refractivity contribution in [2.45, 2.75) is 27.2 Å². The van der Waals surface area contributed by atoms with Gasteiger partial charge < -0.3 is 20.1 Å². The Kier molecular flexibility index (Phi) is 7.44. The standard InChI is InChI=1S/C22H28N2O4/c1-5-28-19-9-7-6-8-18(19)24-21(26)22(2,3)20(25)23-15-14-16-10-12-17(27-4)13-11-16/h6-13H,5,14-15H2,1-4H3,(H,23,25)(H,24,26). The molecule has 150 valence electrons. The topological polar surface area (TPSA) is 76.7 Å². The lowest BCUT2D eigenvalue weighted by Crippen LogP contribution is -2.45. The minimum absolute atomic E-state index is 0.326. The highest BCUT2D eigenvalue weighted by atomic mass is 16.5. The Morgan fingerprint density at radius 3 is 2.32 bits per heavy atom. The monoisotopic (exact) mass is 384 g/mol. The quantitative estimate of drug-likeness (QED) is 0.650. The molecule has 0 heterocycles. The second kappa shape index (κ2) is 9.78. The summed E-state index contributed by atoms with van der Waals surface area (Å²) in [5.41, 5.74) is 0.404. The summed E-state index contributed by atoms with van der Waals surface area (Å²) in [6.07, 6.45) is 0.667. The zero-order chi connectivity index (χ0) is 20.6. The Morgan fingerprint density at radius 2 is 1.68 bits per heavy atom. The van der Waals surface area contributed by atoms with Crippen molar-refractivity contribution in [2.75, 3.05) is 25.6 Å². The van der Waals surface area contributed by atoms with Crippen molar-refractivity contribution in [2.24, 2.45) is 5.41 Å². The summed E-state index contributed by atoms with van der Waals surface area (Å²) in [5, 5.41) is 5.64. The molecule has 2 aromatic carbocycles. The Hall–Kier alpha value is -3.02. The number of carbonyl (C=O) groups excluding carboxylic acids is 2. The van der Waals surface area contributed by atoms with E-state index in [9.17, 15) is 9.59 Å². The molecule has 0 aliphatic carbocycles. The van der Waals surface area contributed by atoms with E-state index in [1.165, 1.54) is 0 Å². The first kappa shape index (κ1) is 21.3. The zero-order valence-electron chi connectivity index (χ0n) is 16.9. The van der Waals surface area contributed by atoms with Gasteiger partial charge in [-0.25, -0.2) is 0 Å². The van der Waals surface area contributed by atoms with Crippen molar-refractivity contribution >= 4 is 17.5 Å². The van der Waals surface area contributed by atoms with Gasteiger partial charge in [-0.1, -0.05) is 24.3 Å². The highest BCUT2D eigenvalue weighted by Crippen LogP contribution is 2.26. The molecule has 2 N–H and O–H groups in total. The SMILES string of the molecule is CCOc1ccccc1NC(=O)C(C)(C)C(=O)NCCc1ccc(OC)cc1. The van der Waals surface area contributed by atoms with Crippen molar-refractivity contribution in [3.63, 3.8) is 0 Å². The summed E-state index contributed by atoms with van der Waals surface area (Å²) in [6.45, 7) is 6.01. The first-order chi connectivity index (χ1) is 13.4. The van der Waals surface area contributed by atoms with E-state index in [2.05, 4.69) is 10.6 Å². The molecule has 0 saturated heterocycles. The van der Waals surface area contributed by atoms with Crippen LogP contribution in [0.25, 0.3) is 0 Å². The number of methoxy groups -OCH3 is 1. The van der Waals surface area contributed by atoms with E-state index in [0.29, 0.717) is 31.0 Å². The van der Waals surface area contributed by atoms with Crippen LogP contribution in [0.15, 0.2) is 48.5 Å². The van der Waals surface area contributed by atoms with Gasteiger partial charge in [0, 0.05) is 6.54 Å². The number of para-hydroxylation sites is 2. The van der Waals surface area contributed by atoms with Gasteiger partial charge in [0.1, 0.15) is 16.9 Å². The fourth-order valence-electron chi connectivity index (χ4n) is 2.57. The maximum absolute atomic E-state index is 12.7. The molecule has 0 fully saturated rings. The molecular formula is C22H28N2O4. The third kappa shape index (κ3) is 5.49. The Labute approximate surface area is 166 Å². The van der Waals surface area contributed by atoms with Crippen molar-refractivity contribution in [1.82, 2.24) is 5.32 Å². The molecule has 28 heavy (non-hydrogen) atoms. The van der Waals surface area contributed by atoms with Gasteiger partial charge in [0.25, 0.3) is 0 Å². The number of benzene rings is 2. The van der Waals surface area contributed by atoms with Crippen LogP contribution in [0.1, 0.15) is 26.3 Å². The van der Waals surface area contributed by atoms with Crippen LogP contribution in [0.2, 0.25) is 0 Å². The number of hydrogen-bond acceptors (Lipinski definition) is 4. The van der Waals surface area contributed by atoms with E-state index in [1.807, 2.05) is 37.3 Å². The molecule has 0 aromatic heterocycles. The van der Waals surface area contributed by atoms with E-state index in [1.54, 1.807) is 39.2 Å². The predicted molar refractivity (Wildman–Crippen MR) is 110 cm³/mol. The van der Waals surface area contributed by atoms with E-state index in [0.717, 1.165) is 11.3 Å². The Morgan fingerprint density at radius 1 is 1.00 bits per heavy atom. The lowest BCUT2D eigenvalue weighted by Gasteiger charge is -2.23. The number of hydrogen-bond donors (Lipinski definition) is 2. The minimum atomic E-state index is -1.22. The van der Waals surface area contributed by atoms with Crippen LogP contribution in [-0.4, -0.2) is 32.1 Å². The first-order valence-corrected chi connectivity index (χ1v) is 9.33. The second-order valence-corrected chi connectivity index (χ2v) is 6.86. The summed E-state index contributed by atoms with van der Waals surface area (Å²) in [6, 6.07) is 14.8.